The lowest BCUT2D eigenvalue weighted by molar-refractivity contribution is 0.180. The number of carbonyl (C=O) groups is 1. The highest BCUT2D eigenvalue weighted by atomic mass is 79.9. The summed E-state index contributed by atoms with van der Waals surface area (Å²) in [5, 5.41) is 3.54. The zero-order valence-corrected chi connectivity index (χ0v) is 22.9. The SMILES string of the molecule is CCCCN(C(=O)Nc1ccccc1Br)C(CC)c1nc2ccccc2c(=O)n1-c1ccccc1OC. The Kier molecular flexibility index (Phi) is 8.61. The van der Waals surface area contributed by atoms with Gasteiger partial charge in [0.15, 0.2) is 0 Å². The maximum absolute atomic E-state index is 13.9. The molecule has 0 saturated heterocycles. The van der Waals surface area contributed by atoms with Crippen LogP contribution in [0.5, 0.6) is 5.75 Å². The molecule has 8 heteroatoms. The molecular formula is C29H31BrN4O3. The van der Waals surface area contributed by atoms with Crippen LogP contribution in [0.4, 0.5) is 10.5 Å². The Bertz CT molecular complexity index is 1450. The van der Waals surface area contributed by atoms with E-state index in [0.717, 1.165) is 17.3 Å². The maximum Gasteiger partial charge on any atom is 0.322 e. The lowest BCUT2D eigenvalue weighted by atomic mass is 10.1. The Morgan fingerprint density at radius 3 is 2.49 bits per heavy atom. The largest absolute Gasteiger partial charge is 0.495 e. The average molecular weight is 563 g/mol. The molecule has 1 aromatic heterocycles. The summed E-state index contributed by atoms with van der Waals surface area (Å²) in [6.07, 6.45) is 2.29. The third-order valence-corrected chi connectivity index (χ3v) is 7.01. The van der Waals surface area contributed by atoms with E-state index < -0.39 is 6.04 Å². The van der Waals surface area contributed by atoms with E-state index in [4.69, 9.17) is 9.72 Å². The molecule has 0 aliphatic heterocycles. The molecule has 1 heterocycles. The molecule has 37 heavy (non-hydrogen) atoms. The Balaban J connectivity index is 1.91. The molecule has 4 aromatic rings. The lowest BCUT2D eigenvalue weighted by Crippen LogP contribution is -2.41. The molecule has 4 rings (SSSR count). The van der Waals surface area contributed by atoms with E-state index in [1.807, 2.05) is 73.7 Å². The molecule has 192 valence electrons. The normalized spacial score (nSPS) is 11.8. The highest BCUT2D eigenvalue weighted by Gasteiger charge is 2.30. The van der Waals surface area contributed by atoms with E-state index in [1.54, 1.807) is 22.6 Å². The number of unbranched alkanes of at least 4 members (excludes halogenated alkanes) is 1. The van der Waals surface area contributed by atoms with Crippen molar-refractivity contribution in [2.24, 2.45) is 0 Å². The fourth-order valence-corrected chi connectivity index (χ4v) is 4.82. The van der Waals surface area contributed by atoms with Gasteiger partial charge in [0.25, 0.3) is 5.56 Å². The number of carbonyl (C=O) groups excluding carboxylic acids is 1. The van der Waals surface area contributed by atoms with Crippen LogP contribution in [0.3, 0.4) is 0 Å². The number of aromatic nitrogens is 2. The first kappa shape index (κ1) is 26.4. The number of fused-ring (bicyclic) bond motifs is 1. The first-order valence-corrected chi connectivity index (χ1v) is 13.3. The van der Waals surface area contributed by atoms with Crippen molar-refractivity contribution in [2.45, 2.75) is 39.2 Å². The monoisotopic (exact) mass is 562 g/mol. The number of anilines is 1. The second kappa shape index (κ2) is 12.1. The standard InChI is InChI=1S/C29H31BrN4O3/c1-4-6-19-33(29(36)32-23-16-10-8-14-21(23)30)24(5-2)27-31-22-15-9-7-13-20(22)28(35)34(27)25-17-11-12-18-26(25)37-3/h7-18,24H,4-6,19H2,1-3H3,(H,32,36). The van der Waals surface area contributed by atoms with Crippen LogP contribution in [0.1, 0.15) is 45.0 Å². The number of nitrogens with one attached hydrogen (secondary N) is 1. The summed E-state index contributed by atoms with van der Waals surface area (Å²) in [4.78, 5) is 34.4. The predicted octanol–water partition coefficient (Wildman–Crippen LogP) is 6.94. The fourth-order valence-electron chi connectivity index (χ4n) is 4.44. The molecule has 0 saturated carbocycles. The first-order chi connectivity index (χ1) is 18.0. The molecule has 0 bridgehead atoms. The van der Waals surface area contributed by atoms with Crippen molar-refractivity contribution in [1.29, 1.82) is 0 Å². The van der Waals surface area contributed by atoms with Gasteiger partial charge in [-0.15, -0.1) is 0 Å². The number of urea groups is 1. The van der Waals surface area contributed by atoms with Crippen molar-refractivity contribution in [3.05, 3.63) is 93.4 Å². The zero-order valence-electron chi connectivity index (χ0n) is 21.3. The number of rotatable bonds is 9. The Hall–Kier alpha value is -3.65. The Labute approximate surface area is 225 Å². The van der Waals surface area contributed by atoms with Gasteiger partial charge in [0, 0.05) is 11.0 Å². The van der Waals surface area contributed by atoms with Gasteiger partial charge in [-0.3, -0.25) is 9.36 Å². The zero-order chi connectivity index (χ0) is 26.4. The van der Waals surface area contributed by atoms with Gasteiger partial charge in [-0.2, -0.15) is 0 Å². The minimum absolute atomic E-state index is 0.204. The number of para-hydroxylation sites is 4. The van der Waals surface area contributed by atoms with Gasteiger partial charge in [-0.1, -0.05) is 56.7 Å². The highest BCUT2D eigenvalue weighted by molar-refractivity contribution is 9.10. The van der Waals surface area contributed by atoms with Crippen LogP contribution < -0.4 is 15.6 Å². The summed E-state index contributed by atoms with van der Waals surface area (Å²) in [5.41, 5.74) is 1.65. The van der Waals surface area contributed by atoms with Gasteiger partial charge in [-0.05, 0) is 65.2 Å². The van der Waals surface area contributed by atoms with E-state index >= 15 is 0 Å². The molecule has 1 unspecified atom stereocenters. The van der Waals surface area contributed by atoms with E-state index in [1.165, 1.54) is 0 Å². The third-order valence-electron chi connectivity index (χ3n) is 6.32. The molecule has 0 spiro atoms. The number of nitrogens with zero attached hydrogens (tertiary/aromatic N) is 3. The van der Waals surface area contributed by atoms with Crippen LogP contribution in [-0.4, -0.2) is 34.1 Å². The average Bonchev–Trinajstić information content (AvgIpc) is 2.92. The summed E-state index contributed by atoms with van der Waals surface area (Å²) < 4.78 is 8.00. The molecule has 1 atom stereocenters. The smallest absolute Gasteiger partial charge is 0.322 e. The molecule has 0 radical (unpaired) electrons. The summed E-state index contributed by atoms with van der Waals surface area (Å²) in [6, 6.07) is 21.5. The van der Waals surface area contributed by atoms with Gasteiger partial charge in [0.2, 0.25) is 0 Å². The number of ether oxygens (including phenoxy) is 1. The maximum atomic E-state index is 13.9. The Morgan fingerprint density at radius 1 is 1.05 bits per heavy atom. The van der Waals surface area contributed by atoms with E-state index in [0.29, 0.717) is 46.8 Å². The number of hydrogen-bond acceptors (Lipinski definition) is 4. The van der Waals surface area contributed by atoms with Crippen molar-refractivity contribution in [3.63, 3.8) is 0 Å². The van der Waals surface area contributed by atoms with Crippen molar-refractivity contribution in [1.82, 2.24) is 14.5 Å². The predicted molar refractivity (Wildman–Crippen MR) is 152 cm³/mol. The van der Waals surface area contributed by atoms with E-state index in [2.05, 4.69) is 28.2 Å². The van der Waals surface area contributed by atoms with Gasteiger partial charge in [0.1, 0.15) is 11.6 Å². The number of benzene rings is 3. The van der Waals surface area contributed by atoms with E-state index in [9.17, 15) is 9.59 Å². The molecule has 1 N–H and O–H groups in total. The summed E-state index contributed by atoms with van der Waals surface area (Å²) in [6.45, 7) is 4.60. The van der Waals surface area contributed by atoms with Crippen molar-refractivity contribution in [2.75, 3.05) is 19.0 Å². The molecular weight excluding hydrogens is 532 g/mol. The van der Waals surface area contributed by atoms with Gasteiger partial charge >= 0.3 is 6.03 Å². The first-order valence-electron chi connectivity index (χ1n) is 12.5. The fraction of sp³-hybridized carbons (Fsp3) is 0.276. The molecule has 0 aliphatic rings. The van der Waals surface area contributed by atoms with Crippen LogP contribution in [0.2, 0.25) is 0 Å². The summed E-state index contributed by atoms with van der Waals surface area (Å²) >= 11 is 3.52. The van der Waals surface area contributed by atoms with Crippen LogP contribution in [0, 0.1) is 0 Å². The molecule has 0 fully saturated rings. The topological polar surface area (TPSA) is 76.5 Å². The minimum atomic E-state index is -0.462. The van der Waals surface area contributed by atoms with Crippen LogP contribution in [0.15, 0.2) is 82.1 Å². The molecule has 3 aromatic carbocycles. The second-order valence-electron chi connectivity index (χ2n) is 8.68. The third kappa shape index (κ3) is 5.54. The molecule has 0 aliphatic carbocycles. The van der Waals surface area contributed by atoms with Crippen LogP contribution >= 0.6 is 15.9 Å². The lowest BCUT2D eigenvalue weighted by Gasteiger charge is -2.32. The quantitative estimate of drug-likeness (QED) is 0.239. The van der Waals surface area contributed by atoms with Gasteiger partial charge in [0.05, 0.1) is 35.4 Å². The van der Waals surface area contributed by atoms with Crippen LogP contribution in [0.25, 0.3) is 16.6 Å². The van der Waals surface area contributed by atoms with Crippen molar-refractivity contribution < 1.29 is 9.53 Å². The minimum Gasteiger partial charge on any atom is -0.495 e. The van der Waals surface area contributed by atoms with Crippen LogP contribution in [-0.2, 0) is 0 Å². The molecule has 2 amide bonds. The summed E-state index contributed by atoms with van der Waals surface area (Å²) in [7, 11) is 1.58. The second-order valence-corrected chi connectivity index (χ2v) is 9.53. The number of amides is 2. The van der Waals surface area contributed by atoms with Crippen molar-refractivity contribution >= 4 is 38.6 Å². The summed E-state index contributed by atoms with van der Waals surface area (Å²) in [5.74, 6) is 1.05. The van der Waals surface area contributed by atoms with Gasteiger partial charge < -0.3 is 15.0 Å². The molecule has 7 nitrogen and oxygen atoms in total. The number of halogens is 1. The Morgan fingerprint density at radius 2 is 1.76 bits per heavy atom. The van der Waals surface area contributed by atoms with E-state index in [-0.39, 0.29) is 11.6 Å². The van der Waals surface area contributed by atoms with Crippen molar-refractivity contribution in [3.8, 4) is 11.4 Å². The number of hydrogen-bond donors (Lipinski definition) is 1. The van der Waals surface area contributed by atoms with Gasteiger partial charge in [-0.25, -0.2) is 9.78 Å². The number of methoxy groups -OCH3 is 1. The highest BCUT2D eigenvalue weighted by Crippen LogP contribution is 2.31.